The van der Waals surface area contributed by atoms with Crippen LogP contribution in [0, 0.1) is 5.95 Å². The van der Waals surface area contributed by atoms with Crippen molar-refractivity contribution in [3.05, 3.63) is 36.3 Å². The summed E-state index contributed by atoms with van der Waals surface area (Å²) in [6.07, 6.45) is 3.62. The van der Waals surface area contributed by atoms with Crippen molar-refractivity contribution in [1.82, 2.24) is 19.9 Å². The number of halogens is 1. The number of nitrogens with zero attached hydrogens (tertiary/aromatic N) is 4. The van der Waals surface area contributed by atoms with Gasteiger partial charge in [-0.1, -0.05) is 6.92 Å². The van der Waals surface area contributed by atoms with Crippen LogP contribution in [-0.2, 0) is 6.42 Å². The number of rotatable bonds is 2. The van der Waals surface area contributed by atoms with Crippen molar-refractivity contribution in [2.24, 2.45) is 0 Å². The van der Waals surface area contributed by atoms with Crippen LogP contribution in [0.3, 0.4) is 0 Å². The summed E-state index contributed by atoms with van der Waals surface area (Å²) in [7, 11) is 0. The molecule has 0 aliphatic rings. The van der Waals surface area contributed by atoms with Crippen molar-refractivity contribution in [2.75, 3.05) is 0 Å². The summed E-state index contributed by atoms with van der Waals surface area (Å²) in [4.78, 5) is 15.6. The molecule has 0 fully saturated rings. The van der Waals surface area contributed by atoms with Crippen LogP contribution >= 0.6 is 0 Å². The third kappa shape index (κ3) is 2.12. The zero-order chi connectivity index (χ0) is 10.7. The molecule has 76 valence electrons. The number of hydrogen-bond acceptors (Lipinski definition) is 4. The monoisotopic (exact) mass is 204 g/mol. The molecule has 2 aromatic rings. The third-order valence-corrected chi connectivity index (χ3v) is 1.92. The molecular formula is C10H9FN4. The summed E-state index contributed by atoms with van der Waals surface area (Å²) >= 11 is 0. The summed E-state index contributed by atoms with van der Waals surface area (Å²) in [5.41, 5.74) is 1.19. The first-order chi connectivity index (χ1) is 7.29. The Hall–Kier alpha value is -1.91. The SMILES string of the molecule is CCc1cc(F)nc(-c2ccncn2)n1. The van der Waals surface area contributed by atoms with Crippen LogP contribution in [0.15, 0.2) is 24.7 Å². The standard InChI is InChI=1S/C10H9FN4/c1-2-7-5-9(11)15-10(14-7)8-3-4-12-6-13-8/h3-6H,2H2,1H3. The lowest BCUT2D eigenvalue weighted by atomic mass is 10.3. The van der Waals surface area contributed by atoms with Crippen LogP contribution in [0.5, 0.6) is 0 Å². The van der Waals surface area contributed by atoms with Gasteiger partial charge in [-0.3, -0.25) is 0 Å². The Morgan fingerprint density at radius 2 is 2.20 bits per heavy atom. The van der Waals surface area contributed by atoms with Gasteiger partial charge in [-0.05, 0) is 12.5 Å². The highest BCUT2D eigenvalue weighted by atomic mass is 19.1. The maximum atomic E-state index is 13.1. The molecule has 2 rings (SSSR count). The lowest BCUT2D eigenvalue weighted by Crippen LogP contribution is -1.98. The van der Waals surface area contributed by atoms with Crippen molar-refractivity contribution in [3.63, 3.8) is 0 Å². The molecule has 0 bridgehead atoms. The molecule has 0 aliphatic heterocycles. The van der Waals surface area contributed by atoms with Gasteiger partial charge in [0.25, 0.3) is 0 Å². The highest BCUT2D eigenvalue weighted by molar-refractivity contribution is 5.47. The Morgan fingerprint density at radius 3 is 2.87 bits per heavy atom. The minimum Gasteiger partial charge on any atom is -0.245 e. The van der Waals surface area contributed by atoms with E-state index in [4.69, 9.17) is 0 Å². The third-order valence-electron chi connectivity index (χ3n) is 1.92. The Labute approximate surface area is 86.3 Å². The number of hydrogen-bond donors (Lipinski definition) is 0. The van der Waals surface area contributed by atoms with E-state index >= 15 is 0 Å². The van der Waals surface area contributed by atoms with E-state index in [0.29, 0.717) is 23.6 Å². The van der Waals surface area contributed by atoms with Crippen molar-refractivity contribution in [2.45, 2.75) is 13.3 Å². The highest BCUT2D eigenvalue weighted by Crippen LogP contribution is 2.11. The van der Waals surface area contributed by atoms with E-state index in [1.54, 1.807) is 12.3 Å². The first-order valence-electron chi connectivity index (χ1n) is 4.59. The molecule has 2 aromatic heterocycles. The highest BCUT2D eigenvalue weighted by Gasteiger charge is 2.06. The lowest BCUT2D eigenvalue weighted by Gasteiger charge is -2.01. The summed E-state index contributed by atoms with van der Waals surface area (Å²) in [5.74, 6) is -0.232. The summed E-state index contributed by atoms with van der Waals surface area (Å²) < 4.78 is 13.1. The van der Waals surface area contributed by atoms with Crippen molar-refractivity contribution in [1.29, 1.82) is 0 Å². The van der Waals surface area contributed by atoms with E-state index in [2.05, 4.69) is 19.9 Å². The van der Waals surface area contributed by atoms with E-state index in [1.165, 1.54) is 12.4 Å². The average molecular weight is 204 g/mol. The number of aryl methyl sites for hydroxylation is 1. The van der Waals surface area contributed by atoms with Gasteiger partial charge in [0.1, 0.15) is 12.0 Å². The molecule has 0 aromatic carbocycles. The average Bonchev–Trinajstić information content (AvgIpc) is 2.29. The van der Waals surface area contributed by atoms with E-state index in [0.717, 1.165) is 0 Å². The molecule has 0 N–H and O–H groups in total. The second kappa shape index (κ2) is 4.08. The molecule has 0 unspecified atom stereocenters. The molecule has 0 atom stereocenters. The Kier molecular flexibility index (Phi) is 2.62. The van der Waals surface area contributed by atoms with Gasteiger partial charge >= 0.3 is 0 Å². The molecule has 0 saturated heterocycles. The van der Waals surface area contributed by atoms with Gasteiger partial charge < -0.3 is 0 Å². The maximum absolute atomic E-state index is 13.1. The van der Waals surface area contributed by atoms with Crippen LogP contribution < -0.4 is 0 Å². The Morgan fingerprint density at radius 1 is 1.33 bits per heavy atom. The normalized spacial score (nSPS) is 10.3. The molecule has 0 saturated carbocycles. The molecule has 0 aliphatic carbocycles. The predicted molar refractivity (Wildman–Crippen MR) is 52.4 cm³/mol. The largest absolute Gasteiger partial charge is 0.245 e. The van der Waals surface area contributed by atoms with Gasteiger partial charge in [0.15, 0.2) is 5.82 Å². The smallest absolute Gasteiger partial charge is 0.216 e. The molecule has 0 amide bonds. The minimum absolute atomic E-state index is 0.300. The van der Waals surface area contributed by atoms with Crippen molar-refractivity contribution < 1.29 is 4.39 Å². The maximum Gasteiger partial charge on any atom is 0.216 e. The lowest BCUT2D eigenvalue weighted by molar-refractivity contribution is 0.577. The van der Waals surface area contributed by atoms with Gasteiger partial charge in [0.2, 0.25) is 5.95 Å². The zero-order valence-electron chi connectivity index (χ0n) is 8.18. The van der Waals surface area contributed by atoms with E-state index < -0.39 is 5.95 Å². The van der Waals surface area contributed by atoms with Gasteiger partial charge in [0.05, 0.1) is 0 Å². The summed E-state index contributed by atoms with van der Waals surface area (Å²) in [5, 5.41) is 0. The molecule has 5 heteroatoms. The van der Waals surface area contributed by atoms with Crippen LogP contribution in [0.1, 0.15) is 12.6 Å². The Balaban J connectivity index is 2.49. The number of aromatic nitrogens is 4. The van der Waals surface area contributed by atoms with Crippen LogP contribution in [0.25, 0.3) is 11.5 Å². The second-order valence-corrected chi connectivity index (χ2v) is 2.95. The van der Waals surface area contributed by atoms with E-state index in [9.17, 15) is 4.39 Å². The summed E-state index contributed by atoms with van der Waals surface area (Å²) in [6, 6.07) is 2.97. The van der Waals surface area contributed by atoms with Crippen LogP contribution in [-0.4, -0.2) is 19.9 Å². The first-order valence-corrected chi connectivity index (χ1v) is 4.59. The molecule has 15 heavy (non-hydrogen) atoms. The van der Waals surface area contributed by atoms with Crippen molar-refractivity contribution >= 4 is 0 Å². The molecule has 4 nitrogen and oxygen atoms in total. The minimum atomic E-state index is -0.532. The predicted octanol–water partition coefficient (Wildman–Crippen LogP) is 1.64. The van der Waals surface area contributed by atoms with Crippen LogP contribution in [0.2, 0.25) is 0 Å². The van der Waals surface area contributed by atoms with Gasteiger partial charge in [-0.2, -0.15) is 9.37 Å². The quantitative estimate of drug-likeness (QED) is 0.698. The zero-order valence-corrected chi connectivity index (χ0v) is 8.18. The van der Waals surface area contributed by atoms with E-state index in [-0.39, 0.29) is 0 Å². The van der Waals surface area contributed by atoms with Gasteiger partial charge in [-0.25, -0.2) is 15.0 Å². The first kappa shape index (κ1) is 9.64. The molecular weight excluding hydrogens is 195 g/mol. The molecule has 0 spiro atoms. The van der Waals surface area contributed by atoms with Gasteiger partial charge in [-0.15, -0.1) is 0 Å². The molecule has 2 heterocycles. The summed E-state index contributed by atoms with van der Waals surface area (Å²) in [6.45, 7) is 1.91. The fourth-order valence-electron chi connectivity index (χ4n) is 1.18. The fourth-order valence-corrected chi connectivity index (χ4v) is 1.18. The topological polar surface area (TPSA) is 51.6 Å². The van der Waals surface area contributed by atoms with E-state index in [1.807, 2.05) is 6.92 Å². The fraction of sp³-hybridized carbons (Fsp3) is 0.200. The molecule has 0 radical (unpaired) electrons. The Bertz CT molecular complexity index is 458. The van der Waals surface area contributed by atoms with Crippen LogP contribution in [0.4, 0.5) is 4.39 Å². The van der Waals surface area contributed by atoms with Crippen molar-refractivity contribution in [3.8, 4) is 11.5 Å². The van der Waals surface area contributed by atoms with Gasteiger partial charge in [0, 0.05) is 18.0 Å². The second-order valence-electron chi connectivity index (χ2n) is 2.95.